The smallest absolute Gasteiger partial charge is 0.416 e. The summed E-state index contributed by atoms with van der Waals surface area (Å²) < 4.78 is 50.0. The van der Waals surface area contributed by atoms with Gasteiger partial charge in [-0.3, -0.25) is 9.78 Å². The van der Waals surface area contributed by atoms with Gasteiger partial charge in [0.15, 0.2) is 5.76 Å². The number of alkyl halides is 3. The number of hydrogen-bond donors (Lipinski definition) is 2. The van der Waals surface area contributed by atoms with Gasteiger partial charge in [-0.25, -0.2) is 0 Å². The fourth-order valence-corrected chi connectivity index (χ4v) is 3.13. The van der Waals surface area contributed by atoms with Gasteiger partial charge in [-0.1, -0.05) is 12.1 Å². The average molecular weight is 436 g/mol. The van der Waals surface area contributed by atoms with E-state index < -0.39 is 23.9 Å². The number of anilines is 1. The lowest BCUT2D eigenvalue weighted by molar-refractivity contribution is -0.143. The van der Waals surface area contributed by atoms with Crippen molar-refractivity contribution in [1.82, 2.24) is 4.98 Å². The first-order valence-electron chi connectivity index (χ1n) is 9.86. The average Bonchev–Trinajstić information content (AvgIpc) is 2.77. The van der Waals surface area contributed by atoms with E-state index in [0.717, 1.165) is 12.1 Å². The molecule has 166 valence electrons. The van der Waals surface area contributed by atoms with Crippen molar-refractivity contribution >= 4 is 11.6 Å². The second-order valence-corrected chi connectivity index (χ2v) is 7.04. The fraction of sp³-hybridized carbons (Fsp3) is 0.364. The molecule has 2 aromatic rings. The molecule has 1 amide bonds. The number of allylic oxidation sites excluding steroid dienone is 1. The molecule has 1 aromatic heterocycles. The monoisotopic (exact) mass is 436 g/mol. The van der Waals surface area contributed by atoms with Crippen molar-refractivity contribution in [2.45, 2.75) is 37.6 Å². The molecule has 0 fully saturated rings. The van der Waals surface area contributed by atoms with Gasteiger partial charge >= 0.3 is 6.18 Å². The molecular formula is C22H23F3N2O4. The number of carbonyl (C=O) groups excluding carboxylic acids is 1. The molecule has 3 rings (SSSR count). The van der Waals surface area contributed by atoms with Gasteiger partial charge in [0.2, 0.25) is 6.29 Å². The zero-order valence-corrected chi connectivity index (χ0v) is 16.6. The number of amides is 1. The van der Waals surface area contributed by atoms with Crippen LogP contribution in [0.15, 0.2) is 60.6 Å². The van der Waals surface area contributed by atoms with Crippen LogP contribution in [0.5, 0.6) is 0 Å². The van der Waals surface area contributed by atoms with Gasteiger partial charge in [0.25, 0.3) is 5.91 Å². The van der Waals surface area contributed by atoms with E-state index in [0.29, 0.717) is 37.1 Å². The number of benzene rings is 1. The largest absolute Gasteiger partial charge is 0.459 e. The van der Waals surface area contributed by atoms with Gasteiger partial charge < -0.3 is 19.9 Å². The van der Waals surface area contributed by atoms with E-state index in [1.54, 1.807) is 24.4 Å². The minimum Gasteiger partial charge on any atom is -0.459 e. The summed E-state index contributed by atoms with van der Waals surface area (Å²) >= 11 is 0. The highest BCUT2D eigenvalue weighted by Gasteiger charge is 2.32. The van der Waals surface area contributed by atoms with Gasteiger partial charge in [-0.2, -0.15) is 13.2 Å². The van der Waals surface area contributed by atoms with Crippen molar-refractivity contribution in [3.8, 4) is 0 Å². The fourth-order valence-electron chi connectivity index (χ4n) is 3.13. The summed E-state index contributed by atoms with van der Waals surface area (Å²) in [5.74, 6) is -0.853. The van der Waals surface area contributed by atoms with Crippen LogP contribution in [0.4, 0.5) is 18.9 Å². The summed E-state index contributed by atoms with van der Waals surface area (Å²) in [5.41, 5.74) is 0.361. The zero-order chi connectivity index (χ0) is 22.3. The molecule has 31 heavy (non-hydrogen) atoms. The highest BCUT2D eigenvalue weighted by Crippen LogP contribution is 2.34. The molecule has 2 atom stereocenters. The Morgan fingerprint density at radius 3 is 2.65 bits per heavy atom. The van der Waals surface area contributed by atoms with Crippen LogP contribution in [0.2, 0.25) is 0 Å². The summed E-state index contributed by atoms with van der Waals surface area (Å²) in [6.07, 6.45) is 1.00. The lowest BCUT2D eigenvalue weighted by Gasteiger charge is -2.29. The molecule has 1 aliphatic heterocycles. The molecule has 9 heteroatoms. The minimum atomic E-state index is -4.42. The van der Waals surface area contributed by atoms with Crippen LogP contribution in [-0.2, 0) is 20.4 Å². The van der Waals surface area contributed by atoms with Crippen LogP contribution in [0.3, 0.4) is 0 Å². The van der Waals surface area contributed by atoms with Gasteiger partial charge in [0.05, 0.1) is 24.1 Å². The first-order chi connectivity index (χ1) is 14.9. The summed E-state index contributed by atoms with van der Waals surface area (Å²) in [5, 5.41) is 11.6. The van der Waals surface area contributed by atoms with Gasteiger partial charge in [0.1, 0.15) is 0 Å². The Kier molecular flexibility index (Phi) is 7.64. The van der Waals surface area contributed by atoms with Crippen molar-refractivity contribution in [3.05, 3.63) is 71.8 Å². The number of aromatic nitrogens is 1. The Hall–Kier alpha value is -2.91. The van der Waals surface area contributed by atoms with Crippen LogP contribution in [-0.4, -0.2) is 35.5 Å². The molecular weight excluding hydrogens is 413 g/mol. The molecule has 0 spiro atoms. The number of carbonyl (C=O) groups is 1. The number of unbranched alkanes of at least 4 members (excludes halogenated alkanes) is 1. The molecule has 0 saturated carbocycles. The minimum absolute atomic E-state index is 0.0205. The summed E-state index contributed by atoms with van der Waals surface area (Å²) in [6, 6.07) is 8.17. The highest BCUT2D eigenvalue weighted by atomic mass is 19.4. The molecule has 1 aromatic carbocycles. The van der Waals surface area contributed by atoms with Crippen LogP contribution < -0.4 is 5.32 Å². The number of nitrogens with zero attached hydrogens (tertiary/aromatic N) is 1. The highest BCUT2D eigenvalue weighted by molar-refractivity contribution is 6.02. The Balaban J connectivity index is 1.78. The van der Waals surface area contributed by atoms with Crippen molar-refractivity contribution < 1.29 is 32.5 Å². The number of nitrogens with one attached hydrogen (secondary N) is 1. The van der Waals surface area contributed by atoms with E-state index in [1.165, 1.54) is 18.3 Å². The van der Waals surface area contributed by atoms with E-state index in [2.05, 4.69) is 10.3 Å². The van der Waals surface area contributed by atoms with Crippen molar-refractivity contribution in [3.63, 3.8) is 0 Å². The Morgan fingerprint density at radius 1 is 1.23 bits per heavy atom. The Labute approximate surface area is 177 Å². The van der Waals surface area contributed by atoms with Crippen molar-refractivity contribution in [2.75, 3.05) is 18.5 Å². The van der Waals surface area contributed by atoms with Crippen molar-refractivity contribution in [1.29, 1.82) is 0 Å². The van der Waals surface area contributed by atoms with Crippen LogP contribution in [0.1, 0.15) is 36.3 Å². The second kappa shape index (κ2) is 10.4. The van der Waals surface area contributed by atoms with E-state index in [1.807, 2.05) is 0 Å². The molecule has 0 radical (unpaired) electrons. The normalized spacial score (nSPS) is 18.8. The van der Waals surface area contributed by atoms with Gasteiger partial charge in [-0.15, -0.1) is 0 Å². The quantitative estimate of drug-likeness (QED) is 0.605. The third kappa shape index (κ3) is 6.53. The Bertz CT molecular complexity index is 886. The zero-order valence-electron chi connectivity index (χ0n) is 16.6. The molecule has 0 unspecified atom stereocenters. The number of hydrogen-bond acceptors (Lipinski definition) is 5. The van der Waals surface area contributed by atoms with E-state index in [-0.39, 0.29) is 18.3 Å². The van der Waals surface area contributed by atoms with E-state index in [9.17, 15) is 18.0 Å². The van der Waals surface area contributed by atoms with Crippen LogP contribution in [0, 0.1) is 0 Å². The third-order valence-corrected chi connectivity index (χ3v) is 4.72. The molecule has 0 aliphatic carbocycles. The van der Waals surface area contributed by atoms with Crippen LogP contribution >= 0.6 is 0 Å². The first kappa shape index (κ1) is 22.8. The maximum atomic E-state index is 12.9. The molecule has 2 N–H and O–H groups in total. The van der Waals surface area contributed by atoms with Gasteiger partial charge in [-0.05, 0) is 48.7 Å². The number of aliphatic hydroxyl groups is 1. The number of aliphatic hydroxyl groups excluding tert-OH is 1. The van der Waals surface area contributed by atoms with E-state index >= 15 is 0 Å². The number of pyridine rings is 1. The molecule has 2 heterocycles. The number of ether oxygens (including phenoxy) is 2. The predicted octanol–water partition coefficient (Wildman–Crippen LogP) is 4.24. The summed E-state index contributed by atoms with van der Waals surface area (Å²) in [7, 11) is 0. The topological polar surface area (TPSA) is 80.7 Å². The van der Waals surface area contributed by atoms with Gasteiger partial charge in [0, 0.05) is 25.1 Å². The molecule has 0 saturated heterocycles. The summed E-state index contributed by atoms with van der Waals surface area (Å²) in [6.45, 7) is 0.365. The van der Waals surface area contributed by atoms with Crippen molar-refractivity contribution in [2.24, 2.45) is 0 Å². The molecule has 0 bridgehead atoms. The maximum Gasteiger partial charge on any atom is 0.416 e. The second-order valence-electron chi connectivity index (χ2n) is 7.04. The molecule has 6 nitrogen and oxygen atoms in total. The van der Waals surface area contributed by atoms with Crippen LogP contribution in [0.25, 0.3) is 0 Å². The lowest BCUT2D eigenvalue weighted by Crippen LogP contribution is -2.29. The summed E-state index contributed by atoms with van der Waals surface area (Å²) in [4.78, 5) is 16.6. The predicted molar refractivity (Wildman–Crippen MR) is 107 cm³/mol. The Morgan fingerprint density at radius 2 is 2.00 bits per heavy atom. The standard InChI is InChI=1S/C22H23F3N2O4/c23-22(24,25)17-7-5-15(6-8-17)16-12-19(21(29)27-18-4-3-9-26-14-18)31-20(13-16)30-11-2-1-10-28/h3-9,12,14,16,20,28H,1-2,10-11,13H2,(H,27,29)/t16-,20+/m0/s1. The SMILES string of the molecule is O=C(Nc1cccnc1)C1=C[C@H](c2ccc(C(F)(F)F)cc2)C[C@H](OCCCCO)O1. The first-order valence-corrected chi connectivity index (χ1v) is 9.86. The number of rotatable bonds is 8. The third-order valence-electron chi connectivity index (χ3n) is 4.72. The van der Waals surface area contributed by atoms with E-state index in [4.69, 9.17) is 14.6 Å². The lowest BCUT2D eigenvalue weighted by atomic mass is 9.92. The molecule has 1 aliphatic rings. The number of halogens is 3. The maximum absolute atomic E-state index is 12.9.